The van der Waals surface area contributed by atoms with E-state index in [9.17, 15) is 13.2 Å². The van der Waals surface area contributed by atoms with Gasteiger partial charge in [0.05, 0.1) is 17.7 Å². The lowest BCUT2D eigenvalue weighted by molar-refractivity contribution is -0.121. The molecule has 0 saturated carbocycles. The summed E-state index contributed by atoms with van der Waals surface area (Å²) in [4.78, 5) is 13.0. The molecular formula is C28H32ClN3O3S. The Kier molecular flexibility index (Phi) is 9.06. The van der Waals surface area contributed by atoms with Gasteiger partial charge in [-0.05, 0) is 66.6 Å². The molecule has 0 unspecified atom stereocenters. The van der Waals surface area contributed by atoms with E-state index in [4.69, 9.17) is 11.6 Å². The lowest BCUT2D eigenvalue weighted by Gasteiger charge is -2.24. The zero-order valence-electron chi connectivity index (χ0n) is 21.2. The molecule has 190 valence electrons. The number of hydrazone groups is 1. The highest BCUT2D eigenvalue weighted by Gasteiger charge is 2.30. The van der Waals surface area contributed by atoms with Gasteiger partial charge in [0, 0.05) is 11.6 Å². The molecule has 0 fully saturated rings. The van der Waals surface area contributed by atoms with E-state index in [-0.39, 0.29) is 18.0 Å². The Morgan fingerprint density at radius 1 is 1.00 bits per heavy atom. The molecule has 0 aliphatic rings. The third-order valence-electron chi connectivity index (χ3n) is 5.80. The highest BCUT2D eigenvalue weighted by Crippen LogP contribution is 2.26. The number of sulfonamides is 1. The minimum absolute atomic E-state index is 0.0139. The summed E-state index contributed by atoms with van der Waals surface area (Å²) in [6, 6.07) is 18.4. The number of amides is 1. The van der Waals surface area contributed by atoms with Crippen LogP contribution in [0, 0.1) is 20.8 Å². The molecule has 3 rings (SSSR count). The van der Waals surface area contributed by atoms with E-state index in [1.54, 1.807) is 38.1 Å². The van der Waals surface area contributed by atoms with Crippen LogP contribution in [0.3, 0.4) is 0 Å². The van der Waals surface area contributed by atoms with Gasteiger partial charge in [-0.2, -0.15) is 9.41 Å². The molecule has 0 radical (unpaired) electrons. The van der Waals surface area contributed by atoms with E-state index in [2.05, 4.69) is 24.4 Å². The molecule has 0 aliphatic heterocycles. The van der Waals surface area contributed by atoms with Crippen LogP contribution in [0.4, 0.5) is 0 Å². The van der Waals surface area contributed by atoms with E-state index < -0.39 is 15.9 Å². The molecule has 6 nitrogen and oxygen atoms in total. The normalized spacial score (nSPS) is 12.0. The van der Waals surface area contributed by atoms with Gasteiger partial charge in [-0.1, -0.05) is 79.5 Å². The molecule has 0 bridgehead atoms. The number of halogens is 1. The minimum atomic E-state index is -3.99. The summed E-state index contributed by atoms with van der Waals surface area (Å²) >= 11 is 5.99. The molecule has 0 aliphatic carbocycles. The fourth-order valence-electron chi connectivity index (χ4n) is 4.06. The maximum atomic E-state index is 13.8. The topological polar surface area (TPSA) is 78.8 Å². The smallest absolute Gasteiger partial charge is 0.255 e. The summed E-state index contributed by atoms with van der Waals surface area (Å²) in [6.45, 7) is 9.31. The van der Waals surface area contributed by atoms with Gasteiger partial charge in [0.15, 0.2) is 0 Å². The fraction of sp³-hybridized carbons (Fsp3) is 0.286. The first-order valence-electron chi connectivity index (χ1n) is 11.7. The van der Waals surface area contributed by atoms with Gasteiger partial charge in [-0.3, -0.25) is 4.79 Å². The minimum Gasteiger partial charge on any atom is -0.272 e. The number of nitrogens with one attached hydrogen (secondary N) is 1. The molecule has 1 amide bonds. The fourth-order valence-corrected chi connectivity index (χ4v) is 5.99. The van der Waals surface area contributed by atoms with Gasteiger partial charge < -0.3 is 0 Å². The van der Waals surface area contributed by atoms with Crippen LogP contribution in [0.1, 0.15) is 53.1 Å². The number of nitrogens with zero attached hydrogens (tertiary/aromatic N) is 2. The molecule has 0 heterocycles. The molecule has 36 heavy (non-hydrogen) atoms. The number of hydrogen-bond acceptors (Lipinski definition) is 4. The second-order valence-electron chi connectivity index (χ2n) is 9.24. The van der Waals surface area contributed by atoms with Crippen molar-refractivity contribution in [2.45, 2.75) is 52.0 Å². The van der Waals surface area contributed by atoms with Crippen LogP contribution in [-0.2, 0) is 21.4 Å². The van der Waals surface area contributed by atoms with Gasteiger partial charge in [0.1, 0.15) is 0 Å². The van der Waals surface area contributed by atoms with Crippen LogP contribution in [0.25, 0.3) is 0 Å². The monoisotopic (exact) mass is 525 g/mol. The van der Waals surface area contributed by atoms with Crippen LogP contribution in [0.15, 0.2) is 70.7 Å². The Labute approximate surface area is 219 Å². The number of hydrogen-bond donors (Lipinski definition) is 1. The van der Waals surface area contributed by atoms with Crippen molar-refractivity contribution < 1.29 is 13.2 Å². The van der Waals surface area contributed by atoms with Crippen molar-refractivity contribution in [3.63, 3.8) is 0 Å². The Bertz CT molecular complexity index is 1330. The highest BCUT2D eigenvalue weighted by molar-refractivity contribution is 7.89. The first kappa shape index (κ1) is 27.6. The molecule has 3 aromatic carbocycles. The molecule has 0 atom stereocenters. The summed E-state index contributed by atoms with van der Waals surface area (Å²) in [5.41, 5.74) is 7.46. The van der Waals surface area contributed by atoms with Crippen molar-refractivity contribution in [3.05, 3.63) is 99.1 Å². The first-order chi connectivity index (χ1) is 17.0. The number of aryl methyl sites for hydroxylation is 3. The zero-order chi connectivity index (χ0) is 26.5. The molecule has 1 N–H and O–H groups in total. The summed E-state index contributed by atoms with van der Waals surface area (Å²) in [6.07, 6.45) is 1.54. The maximum Gasteiger partial charge on any atom is 0.255 e. The SMILES string of the molecule is Cc1cc(C)c(S(=O)(=O)N(CC(=O)N/N=C/c2ccc(C(C)C)cc2)Cc2ccc(Cl)cc2)c(C)c1. The predicted octanol–water partition coefficient (Wildman–Crippen LogP) is 5.73. The van der Waals surface area contributed by atoms with E-state index >= 15 is 0 Å². The van der Waals surface area contributed by atoms with Crippen LogP contribution in [-0.4, -0.2) is 31.4 Å². The number of carbonyl (C=O) groups is 1. The number of rotatable bonds is 9. The third-order valence-corrected chi connectivity index (χ3v) is 8.15. The van der Waals surface area contributed by atoms with Crippen molar-refractivity contribution in [3.8, 4) is 0 Å². The molecule has 0 aromatic heterocycles. The summed E-state index contributed by atoms with van der Waals surface area (Å²) in [7, 11) is -3.99. The van der Waals surface area contributed by atoms with E-state index in [1.807, 2.05) is 43.3 Å². The van der Waals surface area contributed by atoms with Crippen molar-refractivity contribution in [2.24, 2.45) is 5.10 Å². The second-order valence-corrected chi connectivity index (χ2v) is 11.6. The Morgan fingerprint density at radius 2 is 1.58 bits per heavy atom. The van der Waals surface area contributed by atoms with Crippen LogP contribution < -0.4 is 5.43 Å². The number of benzene rings is 3. The molecular weight excluding hydrogens is 494 g/mol. The second kappa shape index (κ2) is 11.8. The first-order valence-corrected chi connectivity index (χ1v) is 13.5. The lowest BCUT2D eigenvalue weighted by Crippen LogP contribution is -2.39. The molecule has 0 saturated heterocycles. The zero-order valence-corrected chi connectivity index (χ0v) is 22.8. The van der Waals surface area contributed by atoms with Gasteiger partial charge in [-0.25, -0.2) is 13.8 Å². The van der Waals surface area contributed by atoms with Crippen LogP contribution >= 0.6 is 11.6 Å². The van der Waals surface area contributed by atoms with Crippen molar-refractivity contribution >= 4 is 33.7 Å². The van der Waals surface area contributed by atoms with Gasteiger partial charge in [0.2, 0.25) is 10.0 Å². The average Bonchev–Trinajstić information content (AvgIpc) is 2.79. The van der Waals surface area contributed by atoms with Gasteiger partial charge in [0.25, 0.3) is 5.91 Å². The average molecular weight is 526 g/mol. The van der Waals surface area contributed by atoms with E-state index in [1.165, 1.54) is 16.1 Å². The lowest BCUT2D eigenvalue weighted by atomic mass is 10.0. The van der Waals surface area contributed by atoms with Crippen LogP contribution in [0.5, 0.6) is 0 Å². The quantitative estimate of drug-likeness (QED) is 0.286. The molecule has 8 heteroatoms. The van der Waals surface area contributed by atoms with E-state index in [0.717, 1.165) is 11.1 Å². The van der Waals surface area contributed by atoms with Crippen molar-refractivity contribution in [1.29, 1.82) is 0 Å². The molecule has 3 aromatic rings. The Morgan fingerprint density at radius 3 is 2.14 bits per heavy atom. The Balaban J connectivity index is 1.83. The van der Waals surface area contributed by atoms with E-state index in [0.29, 0.717) is 27.6 Å². The third kappa shape index (κ3) is 7.03. The van der Waals surface area contributed by atoms with Gasteiger partial charge in [-0.15, -0.1) is 0 Å². The predicted molar refractivity (Wildman–Crippen MR) is 146 cm³/mol. The maximum absolute atomic E-state index is 13.8. The van der Waals surface area contributed by atoms with Gasteiger partial charge >= 0.3 is 0 Å². The largest absolute Gasteiger partial charge is 0.272 e. The summed E-state index contributed by atoms with van der Waals surface area (Å²) < 4.78 is 28.7. The van der Waals surface area contributed by atoms with Crippen molar-refractivity contribution in [1.82, 2.24) is 9.73 Å². The standard InChI is InChI=1S/C28H32ClN3O3S/c1-19(2)25-10-6-23(7-11-25)16-30-31-27(33)18-32(17-24-8-12-26(29)13-9-24)36(34,35)28-21(4)14-20(3)15-22(28)5/h6-16,19H,17-18H2,1-5H3,(H,31,33)/b30-16+. The summed E-state index contributed by atoms with van der Waals surface area (Å²) in [5, 5.41) is 4.57. The Hall–Kier alpha value is -3.00. The van der Waals surface area contributed by atoms with Crippen molar-refractivity contribution in [2.75, 3.05) is 6.54 Å². The summed E-state index contributed by atoms with van der Waals surface area (Å²) in [5.74, 6) is -0.116. The number of carbonyl (C=O) groups excluding carboxylic acids is 1. The molecule has 0 spiro atoms. The van der Waals surface area contributed by atoms with Crippen LogP contribution in [0.2, 0.25) is 5.02 Å². The highest BCUT2D eigenvalue weighted by atomic mass is 35.5.